The van der Waals surface area contributed by atoms with Crippen LogP contribution in [0, 0.1) is 17.0 Å². The van der Waals surface area contributed by atoms with E-state index in [-0.39, 0.29) is 12.1 Å². The van der Waals surface area contributed by atoms with Gasteiger partial charge in [0, 0.05) is 12.1 Å². The summed E-state index contributed by atoms with van der Waals surface area (Å²) in [6, 6.07) is 5.38. The van der Waals surface area contributed by atoms with Gasteiger partial charge in [-0.15, -0.1) is 0 Å². The molecule has 0 radical (unpaired) electrons. The molecule has 1 aromatic heterocycles. The number of phenols is 1. The van der Waals surface area contributed by atoms with E-state index < -0.39 is 22.3 Å². The van der Waals surface area contributed by atoms with Gasteiger partial charge < -0.3 is 14.9 Å². The van der Waals surface area contributed by atoms with Crippen molar-refractivity contribution >= 4 is 11.6 Å². The number of nitro benzene ring substituents is 1. The van der Waals surface area contributed by atoms with Crippen LogP contribution in [0.15, 0.2) is 28.8 Å². The lowest BCUT2D eigenvalue weighted by Gasteiger charge is -2.05. The fourth-order valence-corrected chi connectivity index (χ4v) is 1.62. The number of nitro groups is 1. The Labute approximate surface area is 113 Å². The molecule has 0 unspecified atom stereocenters. The first-order valence-electron chi connectivity index (χ1n) is 5.66. The van der Waals surface area contributed by atoms with Gasteiger partial charge in [-0.1, -0.05) is 11.2 Å². The highest BCUT2D eigenvalue weighted by atomic mass is 16.6. The molecule has 0 aliphatic carbocycles. The Morgan fingerprint density at radius 3 is 2.90 bits per heavy atom. The monoisotopic (exact) mass is 277 g/mol. The maximum atomic E-state index is 11.9. The second-order valence-corrected chi connectivity index (χ2v) is 4.05. The quantitative estimate of drug-likeness (QED) is 0.646. The van der Waals surface area contributed by atoms with E-state index in [1.54, 1.807) is 13.0 Å². The molecule has 0 saturated heterocycles. The van der Waals surface area contributed by atoms with Crippen LogP contribution in [0.1, 0.15) is 21.8 Å². The first-order chi connectivity index (χ1) is 9.49. The van der Waals surface area contributed by atoms with E-state index in [0.29, 0.717) is 11.5 Å². The van der Waals surface area contributed by atoms with E-state index in [4.69, 9.17) is 4.52 Å². The number of nitrogens with one attached hydrogen (secondary N) is 1. The molecular weight excluding hydrogens is 266 g/mol. The van der Waals surface area contributed by atoms with Crippen LogP contribution in [-0.4, -0.2) is 21.1 Å². The normalized spacial score (nSPS) is 10.2. The van der Waals surface area contributed by atoms with Crippen molar-refractivity contribution in [2.24, 2.45) is 0 Å². The molecule has 0 aliphatic heterocycles. The Hall–Kier alpha value is -2.90. The zero-order valence-corrected chi connectivity index (χ0v) is 10.5. The topological polar surface area (TPSA) is 118 Å². The van der Waals surface area contributed by atoms with E-state index in [0.717, 1.165) is 6.07 Å². The van der Waals surface area contributed by atoms with Crippen LogP contribution in [-0.2, 0) is 6.54 Å². The average molecular weight is 277 g/mol. The number of phenolic OH excluding ortho intramolecular Hbond substituents is 1. The van der Waals surface area contributed by atoms with Crippen LogP contribution in [0.4, 0.5) is 5.69 Å². The van der Waals surface area contributed by atoms with Gasteiger partial charge in [-0.05, 0) is 13.0 Å². The molecule has 1 amide bonds. The number of aryl methyl sites for hydroxylation is 1. The maximum absolute atomic E-state index is 11.9. The van der Waals surface area contributed by atoms with Crippen molar-refractivity contribution in [1.82, 2.24) is 10.5 Å². The molecule has 2 rings (SSSR count). The van der Waals surface area contributed by atoms with Crippen LogP contribution in [0.2, 0.25) is 0 Å². The lowest BCUT2D eigenvalue weighted by atomic mass is 10.1. The van der Waals surface area contributed by atoms with Crippen molar-refractivity contribution in [2.75, 3.05) is 0 Å². The van der Waals surface area contributed by atoms with E-state index >= 15 is 0 Å². The van der Waals surface area contributed by atoms with E-state index in [9.17, 15) is 20.0 Å². The van der Waals surface area contributed by atoms with Crippen LogP contribution in [0.25, 0.3) is 0 Å². The number of rotatable bonds is 4. The van der Waals surface area contributed by atoms with Crippen molar-refractivity contribution in [3.05, 3.63) is 51.4 Å². The van der Waals surface area contributed by atoms with E-state index in [2.05, 4.69) is 10.5 Å². The standard InChI is InChI=1S/C12H11N3O5/c1-7-5-8(20-14-7)6-13-12(17)9-3-2-4-10(11(9)16)15(18)19/h2-5,16H,6H2,1H3,(H,13,17). The number of para-hydroxylation sites is 1. The van der Waals surface area contributed by atoms with Gasteiger partial charge in [0.15, 0.2) is 5.76 Å². The molecule has 0 spiro atoms. The third-order valence-electron chi connectivity index (χ3n) is 2.56. The van der Waals surface area contributed by atoms with Gasteiger partial charge >= 0.3 is 5.69 Å². The van der Waals surface area contributed by atoms with Gasteiger partial charge in [-0.25, -0.2) is 0 Å². The van der Waals surface area contributed by atoms with Gasteiger partial charge in [-0.3, -0.25) is 14.9 Å². The summed E-state index contributed by atoms with van der Waals surface area (Å²) in [5.74, 6) is -0.857. The summed E-state index contributed by atoms with van der Waals surface area (Å²) in [5, 5.41) is 26.5. The SMILES string of the molecule is Cc1cc(CNC(=O)c2cccc([N+](=O)[O-])c2O)on1. The summed E-state index contributed by atoms with van der Waals surface area (Å²) in [7, 11) is 0. The van der Waals surface area contributed by atoms with Gasteiger partial charge in [0.1, 0.15) is 0 Å². The smallest absolute Gasteiger partial charge is 0.311 e. The Balaban J connectivity index is 2.13. The fourth-order valence-electron chi connectivity index (χ4n) is 1.62. The summed E-state index contributed by atoms with van der Waals surface area (Å²) in [5.41, 5.74) is -0.0176. The molecule has 8 nitrogen and oxygen atoms in total. The number of benzene rings is 1. The number of aromatic nitrogens is 1. The minimum absolute atomic E-state index is 0.0712. The molecule has 8 heteroatoms. The Kier molecular flexibility index (Phi) is 3.65. The van der Waals surface area contributed by atoms with Crippen LogP contribution >= 0.6 is 0 Å². The minimum Gasteiger partial charge on any atom is -0.502 e. The van der Waals surface area contributed by atoms with Gasteiger partial charge in [0.25, 0.3) is 5.91 Å². The predicted octanol–water partition coefficient (Wildman–Crippen LogP) is 1.53. The summed E-state index contributed by atoms with van der Waals surface area (Å²) < 4.78 is 4.91. The lowest BCUT2D eigenvalue weighted by Crippen LogP contribution is -2.22. The van der Waals surface area contributed by atoms with Crippen molar-refractivity contribution in [1.29, 1.82) is 0 Å². The fraction of sp³-hybridized carbons (Fsp3) is 0.167. The second kappa shape index (κ2) is 5.39. The average Bonchev–Trinajstić information content (AvgIpc) is 2.81. The predicted molar refractivity (Wildman–Crippen MR) is 67.2 cm³/mol. The highest BCUT2D eigenvalue weighted by molar-refractivity contribution is 5.97. The number of carbonyl (C=O) groups excluding carboxylic acids is 1. The number of carbonyl (C=O) groups is 1. The van der Waals surface area contributed by atoms with Gasteiger partial charge in [0.2, 0.25) is 5.75 Å². The molecule has 20 heavy (non-hydrogen) atoms. The van der Waals surface area contributed by atoms with Crippen molar-refractivity contribution in [2.45, 2.75) is 13.5 Å². The molecule has 0 bridgehead atoms. The van der Waals surface area contributed by atoms with Crippen LogP contribution in [0.3, 0.4) is 0 Å². The first-order valence-corrected chi connectivity index (χ1v) is 5.66. The molecule has 0 fully saturated rings. The molecule has 104 valence electrons. The molecule has 1 aromatic carbocycles. The van der Waals surface area contributed by atoms with Gasteiger partial charge in [-0.2, -0.15) is 0 Å². The highest BCUT2D eigenvalue weighted by Crippen LogP contribution is 2.29. The Morgan fingerprint density at radius 1 is 1.55 bits per heavy atom. The highest BCUT2D eigenvalue weighted by Gasteiger charge is 2.20. The zero-order valence-electron chi connectivity index (χ0n) is 10.5. The Bertz CT molecular complexity index is 665. The maximum Gasteiger partial charge on any atom is 0.311 e. The van der Waals surface area contributed by atoms with Crippen LogP contribution < -0.4 is 5.32 Å². The number of amides is 1. The summed E-state index contributed by atoms with van der Waals surface area (Å²) in [4.78, 5) is 21.8. The zero-order chi connectivity index (χ0) is 14.7. The number of nitrogens with zero attached hydrogens (tertiary/aromatic N) is 2. The number of hydrogen-bond donors (Lipinski definition) is 2. The summed E-state index contributed by atoms with van der Waals surface area (Å²) in [6.45, 7) is 1.81. The third kappa shape index (κ3) is 2.74. The lowest BCUT2D eigenvalue weighted by molar-refractivity contribution is -0.385. The first kappa shape index (κ1) is 13.5. The van der Waals surface area contributed by atoms with Crippen LogP contribution in [0.5, 0.6) is 5.75 Å². The van der Waals surface area contributed by atoms with Gasteiger partial charge in [0.05, 0.1) is 22.7 Å². The molecule has 0 aliphatic rings. The molecule has 1 heterocycles. The molecule has 0 saturated carbocycles. The molecule has 2 N–H and O–H groups in total. The Morgan fingerprint density at radius 2 is 2.30 bits per heavy atom. The van der Waals surface area contributed by atoms with Crippen molar-refractivity contribution in [3.8, 4) is 5.75 Å². The minimum atomic E-state index is -0.758. The number of hydrogen-bond acceptors (Lipinski definition) is 6. The molecule has 2 aromatic rings. The summed E-state index contributed by atoms with van der Waals surface area (Å²) in [6.07, 6.45) is 0. The molecular formula is C12H11N3O5. The second-order valence-electron chi connectivity index (χ2n) is 4.05. The van der Waals surface area contributed by atoms with Crippen molar-refractivity contribution in [3.63, 3.8) is 0 Å². The van der Waals surface area contributed by atoms with Crippen molar-refractivity contribution < 1.29 is 19.3 Å². The molecule has 0 atom stereocenters. The number of aromatic hydroxyl groups is 1. The summed E-state index contributed by atoms with van der Waals surface area (Å²) >= 11 is 0. The van der Waals surface area contributed by atoms with E-state index in [1.165, 1.54) is 12.1 Å². The van der Waals surface area contributed by atoms with E-state index in [1.807, 2.05) is 0 Å². The largest absolute Gasteiger partial charge is 0.502 e. The third-order valence-corrected chi connectivity index (χ3v) is 2.56.